The van der Waals surface area contributed by atoms with E-state index >= 15 is 0 Å². The summed E-state index contributed by atoms with van der Waals surface area (Å²) in [7, 11) is 0. The summed E-state index contributed by atoms with van der Waals surface area (Å²) < 4.78 is 2.91. The van der Waals surface area contributed by atoms with E-state index in [0.717, 1.165) is 27.1 Å². The van der Waals surface area contributed by atoms with Gasteiger partial charge in [-0.05, 0) is 46.6 Å². The second-order valence-electron chi connectivity index (χ2n) is 4.14. The van der Waals surface area contributed by atoms with Gasteiger partial charge in [0.15, 0.2) is 11.5 Å². The molecule has 0 aliphatic heterocycles. The topological polar surface area (TPSA) is 56.2 Å². The molecule has 3 aromatic rings. The molecule has 90 valence electrons. The molecule has 2 aromatic heterocycles. The van der Waals surface area contributed by atoms with Crippen LogP contribution in [0.3, 0.4) is 0 Å². The van der Waals surface area contributed by atoms with E-state index in [0.29, 0.717) is 5.69 Å². The first-order valence-electron chi connectivity index (χ1n) is 5.52. The first-order chi connectivity index (χ1) is 8.66. The summed E-state index contributed by atoms with van der Waals surface area (Å²) in [5.41, 5.74) is 9.58. The molecule has 4 nitrogen and oxygen atoms in total. The van der Waals surface area contributed by atoms with E-state index in [1.807, 2.05) is 47.9 Å². The van der Waals surface area contributed by atoms with E-state index < -0.39 is 0 Å². The van der Waals surface area contributed by atoms with E-state index in [1.54, 1.807) is 0 Å². The first kappa shape index (κ1) is 11.2. The zero-order chi connectivity index (χ0) is 12.7. The average molecular weight is 303 g/mol. The summed E-state index contributed by atoms with van der Waals surface area (Å²) >= 11 is 3.45. The number of aromatic nitrogens is 3. The summed E-state index contributed by atoms with van der Waals surface area (Å²) in [4.78, 5) is 0. The van der Waals surface area contributed by atoms with Crippen molar-refractivity contribution in [2.45, 2.75) is 6.92 Å². The van der Waals surface area contributed by atoms with Gasteiger partial charge in [0.05, 0.1) is 0 Å². The van der Waals surface area contributed by atoms with Gasteiger partial charge in [-0.2, -0.15) is 0 Å². The van der Waals surface area contributed by atoms with Gasteiger partial charge in [0.1, 0.15) is 0 Å². The minimum Gasteiger partial charge on any atom is -0.398 e. The minimum absolute atomic E-state index is 0.712. The molecule has 2 N–H and O–H groups in total. The zero-order valence-corrected chi connectivity index (χ0v) is 11.3. The highest BCUT2D eigenvalue weighted by molar-refractivity contribution is 9.10. The molecule has 0 bridgehead atoms. The standard InChI is InChI=1S/C13H11BrN4/c1-8-3-2-4-10(15)12(8)13-17-16-11-6-5-9(14)7-18(11)13/h2-7H,15H2,1H3. The monoisotopic (exact) mass is 302 g/mol. The summed E-state index contributed by atoms with van der Waals surface area (Å²) in [6.45, 7) is 2.02. The lowest BCUT2D eigenvalue weighted by molar-refractivity contribution is 1.11. The largest absolute Gasteiger partial charge is 0.398 e. The number of aryl methyl sites for hydroxylation is 1. The van der Waals surface area contributed by atoms with E-state index in [-0.39, 0.29) is 0 Å². The molecular weight excluding hydrogens is 292 g/mol. The number of hydrogen-bond donors (Lipinski definition) is 1. The first-order valence-corrected chi connectivity index (χ1v) is 6.32. The molecule has 5 heteroatoms. The van der Waals surface area contributed by atoms with Crippen LogP contribution in [0, 0.1) is 6.92 Å². The fourth-order valence-corrected chi connectivity index (χ4v) is 2.37. The van der Waals surface area contributed by atoms with Crippen molar-refractivity contribution < 1.29 is 0 Å². The number of halogens is 1. The third-order valence-corrected chi connectivity index (χ3v) is 3.36. The summed E-state index contributed by atoms with van der Waals surface area (Å²) in [6.07, 6.45) is 1.94. The van der Waals surface area contributed by atoms with Gasteiger partial charge in [0.25, 0.3) is 0 Å². The second kappa shape index (κ2) is 4.10. The normalized spacial score (nSPS) is 11.0. The Balaban J connectivity index is 2.35. The fourth-order valence-electron chi connectivity index (χ4n) is 2.03. The van der Waals surface area contributed by atoms with Gasteiger partial charge in [-0.1, -0.05) is 12.1 Å². The van der Waals surface area contributed by atoms with Crippen molar-refractivity contribution in [3.8, 4) is 11.4 Å². The van der Waals surface area contributed by atoms with E-state index in [2.05, 4.69) is 26.1 Å². The van der Waals surface area contributed by atoms with Crippen LogP contribution in [0.25, 0.3) is 17.0 Å². The molecular formula is C13H11BrN4. The van der Waals surface area contributed by atoms with Gasteiger partial charge >= 0.3 is 0 Å². The van der Waals surface area contributed by atoms with Crippen molar-refractivity contribution in [1.29, 1.82) is 0 Å². The number of nitrogen functional groups attached to an aromatic ring is 1. The van der Waals surface area contributed by atoms with Gasteiger partial charge in [-0.3, -0.25) is 4.40 Å². The smallest absolute Gasteiger partial charge is 0.170 e. The van der Waals surface area contributed by atoms with Crippen LogP contribution in [0.1, 0.15) is 5.56 Å². The van der Waals surface area contributed by atoms with Crippen LogP contribution in [0.5, 0.6) is 0 Å². The van der Waals surface area contributed by atoms with Crippen molar-refractivity contribution in [2.24, 2.45) is 0 Å². The SMILES string of the molecule is Cc1cccc(N)c1-c1nnc2ccc(Br)cn12. The Hall–Kier alpha value is -1.88. The zero-order valence-electron chi connectivity index (χ0n) is 9.76. The lowest BCUT2D eigenvalue weighted by atomic mass is 10.1. The molecule has 0 fully saturated rings. The maximum absolute atomic E-state index is 6.05. The van der Waals surface area contributed by atoms with Gasteiger partial charge in [0, 0.05) is 21.9 Å². The van der Waals surface area contributed by atoms with Crippen molar-refractivity contribution in [2.75, 3.05) is 5.73 Å². The summed E-state index contributed by atoms with van der Waals surface area (Å²) in [5, 5.41) is 8.40. The highest BCUT2D eigenvalue weighted by atomic mass is 79.9. The molecule has 0 atom stereocenters. The summed E-state index contributed by atoms with van der Waals surface area (Å²) in [6, 6.07) is 9.68. The van der Waals surface area contributed by atoms with Crippen LogP contribution in [-0.4, -0.2) is 14.6 Å². The van der Waals surface area contributed by atoms with E-state index in [9.17, 15) is 0 Å². The number of anilines is 1. The Morgan fingerprint density at radius 3 is 2.78 bits per heavy atom. The quantitative estimate of drug-likeness (QED) is 0.703. The Morgan fingerprint density at radius 1 is 1.17 bits per heavy atom. The third kappa shape index (κ3) is 1.67. The molecule has 3 rings (SSSR count). The van der Waals surface area contributed by atoms with Crippen LogP contribution in [0.4, 0.5) is 5.69 Å². The molecule has 0 radical (unpaired) electrons. The van der Waals surface area contributed by atoms with Crippen molar-refractivity contribution in [3.05, 3.63) is 46.6 Å². The number of pyridine rings is 1. The minimum atomic E-state index is 0.712. The molecule has 2 heterocycles. The fraction of sp³-hybridized carbons (Fsp3) is 0.0769. The Bertz CT molecular complexity index is 713. The number of fused-ring (bicyclic) bond motifs is 1. The lowest BCUT2D eigenvalue weighted by Crippen LogP contribution is -1.97. The molecule has 0 aliphatic carbocycles. The van der Waals surface area contributed by atoms with Gasteiger partial charge in [-0.25, -0.2) is 0 Å². The number of nitrogens with two attached hydrogens (primary N) is 1. The molecule has 0 saturated heterocycles. The predicted octanol–water partition coefficient (Wildman–Crippen LogP) is 3.05. The highest BCUT2D eigenvalue weighted by Crippen LogP contribution is 2.28. The number of benzene rings is 1. The Labute approximate surface area is 113 Å². The number of hydrogen-bond acceptors (Lipinski definition) is 3. The molecule has 0 unspecified atom stereocenters. The van der Waals surface area contributed by atoms with E-state index in [4.69, 9.17) is 5.73 Å². The molecule has 0 spiro atoms. The number of nitrogens with zero attached hydrogens (tertiary/aromatic N) is 3. The van der Waals surface area contributed by atoms with Gasteiger partial charge in [0.2, 0.25) is 0 Å². The van der Waals surface area contributed by atoms with Crippen LogP contribution in [0.15, 0.2) is 41.0 Å². The van der Waals surface area contributed by atoms with Gasteiger partial charge in [-0.15, -0.1) is 10.2 Å². The summed E-state index contributed by atoms with van der Waals surface area (Å²) in [5.74, 6) is 0.766. The third-order valence-electron chi connectivity index (χ3n) is 2.89. The average Bonchev–Trinajstić information content (AvgIpc) is 2.72. The van der Waals surface area contributed by atoms with Crippen molar-refractivity contribution in [3.63, 3.8) is 0 Å². The van der Waals surface area contributed by atoms with Crippen LogP contribution in [-0.2, 0) is 0 Å². The van der Waals surface area contributed by atoms with Crippen molar-refractivity contribution >= 4 is 27.3 Å². The maximum atomic E-state index is 6.05. The molecule has 18 heavy (non-hydrogen) atoms. The predicted molar refractivity (Wildman–Crippen MR) is 75.3 cm³/mol. The number of rotatable bonds is 1. The lowest BCUT2D eigenvalue weighted by Gasteiger charge is -2.07. The van der Waals surface area contributed by atoms with Crippen LogP contribution in [0.2, 0.25) is 0 Å². The molecule has 0 amide bonds. The van der Waals surface area contributed by atoms with Gasteiger partial charge < -0.3 is 5.73 Å². The Kier molecular flexibility index (Phi) is 2.56. The maximum Gasteiger partial charge on any atom is 0.170 e. The van der Waals surface area contributed by atoms with Crippen LogP contribution >= 0.6 is 15.9 Å². The molecule has 0 saturated carbocycles. The highest BCUT2D eigenvalue weighted by Gasteiger charge is 2.13. The second-order valence-corrected chi connectivity index (χ2v) is 5.05. The van der Waals surface area contributed by atoms with Crippen molar-refractivity contribution in [1.82, 2.24) is 14.6 Å². The Morgan fingerprint density at radius 2 is 2.00 bits per heavy atom. The van der Waals surface area contributed by atoms with E-state index in [1.165, 1.54) is 0 Å². The molecule has 0 aliphatic rings. The molecule has 1 aromatic carbocycles. The van der Waals surface area contributed by atoms with Crippen LogP contribution < -0.4 is 5.73 Å².